The van der Waals surface area contributed by atoms with E-state index in [0.29, 0.717) is 30.5 Å². The number of carbonyl (C=O) groups is 1. The zero-order valence-electron chi connectivity index (χ0n) is 14.9. The Balaban J connectivity index is 1.45. The summed E-state index contributed by atoms with van der Waals surface area (Å²) in [6.07, 6.45) is 2.26. The molecule has 0 saturated carbocycles. The van der Waals surface area contributed by atoms with E-state index >= 15 is 0 Å². The summed E-state index contributed by atoms with van der Waals surface area (Å²) in [6.45, 7) is 2.38. The molecule has 0 aromatic carbocycles. The van der Waals surface area contributed by atoms with Gasteiger partial charge in [-0.15, -0.1) is 22.7 Å². The maximum absolute atomic E-state index is 12.8. The van der Waals surface area contributed by atoms with Gasteiger partial charge in [-0.05, 0) is 36.4 Å². The number of sulfonamides is 1. The highest BCUT2D eigenvalue weighted by Crippen LogP contribution is 2.35. The van der Waals surface area contributed by atoms with E-state index in [9.17, 15) is 13.2 Å². The number of rotatable bonds is 5. The van der Waals surface area contributed by atoms with E-state index in [1.54, 1.807) is 23.5 Å². The molecular weight excluding hydrogens is 404 g/mol. The van der Waals surface area contributed by atoms with Crippen LogP contribution in [0.5, 0.6) is 0 Å². The molecule has 146 valence electrons. The van der Waals surface area contributed by atoms with Crippen LogP contribution >= 0.6 is 22.7 Å². The van der Waals surface area contributed by atoms with Crippen LogP contribution in [0.2, 0.25) is 0 Å². The Kier molecular flexibility index (Phi) is 5.65. The molecule has 2 fully saturated rings. The average molecular weight is 427 g/mol. The molecule has 2 aromatic rings. The van der Waals surface area contributed by atoms with E-state index in [0.717, 1.165) is 24.3 Å². The molecule has 9 heteroatoms. The summed E-state index contributed by atoms with van der Waals surface area (Å²) in [5.74, 6) is 0.0723. The highest BCUT2D eigenvalue weighted by molar-refractivity contribution is 7.91. The predicted octanol–water partition coefficient (Wildman–Crippen LogP) is 2.74. The summed E-state index contributed by atoms with van der Waals surface area (Å²) in [5, 5.41) is 2.04. The normalized spacial score (nSPS) is 21.6. The van der Waals surface area contributed by atoms with Crippen LogP contribution in [-0.4, -0.2) is 56.4 Å². The molecule has 0 radical (unpaired) electrons. The first kappa shape index (κ1) is 19.1. The number of hydrogen-bond donors (Lipinski definition) is 0. The van der Waals surface area contributed by atoms with E-state index in [4.69, 9.17) is 4.74 Å². The van der Waals surface area contributed by atoms with E-state index < -0.39 is 10.0 Å². The van der Waals surface area contributed by atoms with Crippen molar-refractivity contribution in [3.05, 3.63) is 39.4 Å². The maximum atomic E-state index is 12.8. The standard InChI is InChI=1S/C18H22N2O4S3/c21-17(20-7-1-3-15(20)16-4-2-12-25-16)13-14-5-6-18(26-14)27(22,23)19-8-10-24-11-9-19/h2,4-6,12,15H,1,3,7-11,13H2/t15-/m0/s1. The number of carbonyl (C=O) groups excluding carboxylic acids is 1. The van der Waals surface area contributed by atoms with Crippen molar-refractivity contribution in [2.24, 2.45) is 0 Å². The fraction of sp³-hybridized carbons (Fsp3) is 0.500. The van der Waals surface area contributed by atoms with Crippen LogP contribution in [0.4, 0.5) is 0 Å². The molecule has 0 bridgehead atoms. The second kappa shape index (κ2) is 8.00. The SMILES string of the molecule is O=C(Cc1ccc(S(=O)(=O)N2CCOCC2)s1)N1CCC[C@H]1c1cccs1. The topological polar surface area (TPSA) is 66.9 Å². The van der Waals surface area contributed by atoms with Gasteiger partial charge in [-0.25, -0.2) is 8.42 Å². The molecule has 0 unspecified atom stereocenters. The molecule has 4 rings (SSSR count). The highest BCUT2D eigenvalue weighted by Gasteiger charge is 2.32. The number of nitrogens with zero attached hydrogens (tertiary/aromatic N) is 2. The molecule has 27 heavy (non-hydrogen) atoms. The van der Waals surface area contributed by atoms with Gasteiger partial charge >= 0.3 is 0 Å². The van der Waals surface area contributed by atoms with E-state index in [-0.39, 0.29) is 18.4 Å². The Labute approximate surface area is 167 Å². The first-order valence-electron chi connectivity index (χ1n) is 9.05. The van der Waals surface area contributed by atoms with Gasteiger partial charge in [-0.1, -0.05) is 6.07 Å². The molecule has 1 atom stereocenters. The zero-order chi connectivity index (χ0) is 18.9. The van der Waals surface area contributed by atoms with E-state index in [1.807, 2.05) is 16.3 Å². The lowest BCUT2D eigenvalue weighted by atomic mass is 10.2. The van der Waals surface area contributed by atoms with Crippen molar-refractivity contribution in [2.75, 3.05) is 32.8 Å². The van der Waals surface area contributed by atoms with Gasteiger partial charge < -0.3 is 9.64 Å². The van der Waals surface area contributed by atoms with Crippen LogP contribution in [0.1, 0.15) is 28.6 Å². The fourth-order valence-electron chi connectivity index (χ4n) is 3.60. The van der Waals surface area contributed by atoms with Gasteiger partial charge in [0.1, 0.15) is 4.21 Å². The molecule has 4 heterocycles. The third-order valence-electron chi connectivity index (χ3n) is 4.97. The van der Waals surface area contributed by atoms with Crippen molar-refractivity contribution in [1.29, 1.82) is 0 Å². The molecule has 0 aliphatic carbocycles. The maximum Gasteiger partial charge on any atom is 0.252 e. The quantitative estimate of drug-likeness (QED) is 0.737. The summed E-state index contributed by atoms with van der Waals surface area (Å²) in [6, 6.07) is 7.65. The summed E-state index contributed by atoms with van der Waals surface area (Å²) in [4.78, 5) is 16.8. The summed E-state index contributed by atoms with van der Waals surface area (Å²) >= 11 is 2.89. The second-order valence-corrected chi connectivity index (χ2v) is 11.0. The van der Waals surface area contributed by atoms with Gasteiger partial charge in [0.05, 0.1) is 25.7 Å². The Morgan fingerprint density at radius 2 is 2.00 bits per heavy atom. The largest absolute Gasteiger partial charge is 0.379 e. The van der Waals surface area contributed by atoms with Gasteiger partial charge in [0.2, 0.25) is 5.91 Å². The number of likely N-dealkylation sites (tertiary alicyclic amines) is 1. The smallest absolute Gasteiger partial charge is 0.252 e. The first-order valence-corrected chi connectivity index (χ1v) is 12.2. The predicted molar refractivity (Wildman–Crippen MR) is 106 cm³/mol. The minimum atomic E-state index is -3.49. The molecule has 2 aromatic heterocycles. The molecule has 2 aliphatic rings. The van der Waals surface area contributed by atoms with E-state index in [2.05, 4.69) is 6.07 Å². The van der Waals surface area contributed by atoms with Crippen molar-refractivity contribution < 1.29 is 17.9 Å². The van der Waals surface area contributed by atoms with Gasteiger partial charge in [0.25, 0.3) is 10.0 Å². The van der Waals surface area contributed by atoms with Crippen molar-refractivity contribution in [2.45, 2.75) is 29.5 Å². The van der Waals surface area contributed by atoms with Gasteiger partial charge in [-0.2, -0.15) is 4.31 Å². The lowest BCUT2D eigenvalue weighted by molar-refractivity contribution is -0.131. The first-order chi connectivity index (χ1) is 13.1. The zero-order valence-corrected chi connectivity index (χ0v) is 17.3. The van der Waals surface area contributed by atoms with Gasteiger partial charge in [0, 0.05) is 29.4 Å². The Morgan fingerprint density at radius 3 is 2.74 bits per heavy atom. The number of ether oxygens (including phenoxy) is 1. The van der Waals surface area contributed by atoms with Crippen LogP contribution in [-0.2, 0) is 26.0 Å². The van der Waals surface area contributed by atoms with Gasteiger partial charge in [-0.3, -0.25) is 4.79 Å². The molecule has 1 amide bonds. The van der Waals surface area contributed by atoms with E-state index in [1.165, 1.54) is 20.5 Å². The summed E-state index contributed by atoms with van der Waals surface area (Å²) in [7, 11) is -3.49. The monoisotopic (exact) mass is 426 g/mol. The molecular formula is C18H22N2O4S3. The van der Waals surface area contributed by atoms with Crippen LogP contribution in [0.25, 0.3) is 0 Å². The van der Waals surface area contributed by atoms with Crippen LogP contribution in [0.15, 0.2) is 33.9 Å². The molecule has 6 nitrogen and oxygen atoms in total. The lowest BCUT2D eigenvalue weighted by Gasteiger charge is -2.25. The number of hydrogen-bond acceptors (Lipinski definition) is 6. The minimum absolute atomic E-state index is 0.0723. The third-order valence-corrected chi connectivity index (χ3v) is 9.40. The van der Waals surface area contributed by atoms with Gasteiger partial charge in [0.15, 0.2) is 0 Å². The second-order valence-electron chi connectivity index (χ2n) is 6.67. The molecule has 0 N–H and O–H groups in total. The third kappa shape index (κ3) is 3.97. The number of thiophene rings is 2. The van der Waals surface area contributed by atoms with Crippen LogP contribution in [0.3, 0.4) is 0 Å². The summed E-state index contributed by atoms with van der Waals surface area (Å²) < 4.78 is 32.5. The Hall–Kier alpha value is -1.26. The Bertz CT molecular complexity index is 886. The average Bonchev–Trinajstić information content (AvgIpc) is 3.42. The van der Waals surface area contributed by atoms with Crippen molar-refractivity contribution in [3.8, 4) is 0 Å². The Morgan fingerprint density at radius 1 is 1.19 bits per heavy atom. The summed E-state index contributed by atoms with van der Waals surface area (Å²) in [5.41, 5.74) is 0. The molecule has 2 saturated heterocycles. The fourth-order valence-corrected chi connectivity index (χ4v) is 7.38. The number of morpholine rings is 1. The van der Waals surface area contributed by atoms with Crippen LogP contribution < -0.4 is 0 Å². The van der Waals surface area contributed by atoms with Crippen molar-refractivity contribution >= 4 is 38.6 Å². The van der Waals surface area contributed by atoms with Crippen LogP contribution in [0, 0.1) is 0 Å². The number of amides is 1. The minimum Gasteiger partial charge on any atom is -0.379 e. The molecule has 0 spiro atoms. The van der Waals surface area contributed by atoms with Crippen molar-refractivity contribution in [1.82, 2.24) is 9.21 Å². The highest BCUT2D eigenvalue weighted by atomic mass is 32.2. The van der Waals surface area contributed by atoms with Crippen molar-refractivity contribution in [3.63, 3.8) is 0 Å². The molecule has 2 aliphatic heterocycles. The lowest BCUT2D eigenvalue weighted by Crippen LogP contribution is -2.40.